The van der Waals surface area contributed by atoms with Crippen molar-refractivity contribution in [3.63, 3.8) is 0 Å². The van der Waals surface area contributed by atoms with Gasteiger partial charge in [-0.3, -0.25) is 0 Å². The van der Waals surface area contributed by atoms with Crippen LogP contribution in [0.15, 0.2) is 28.2 Å². The Morgan fingerprint density at radius 1 is 1.50 bits per heavy atom. The molecule has 0 aliphatic rings. The standard InChI is InChI=1S/C11H11BrN2/c1-7-5-9(12)3-4-10(7)11(14)8(2)6-13/h3-5H,14H2,1-2H3/b11-8-. The van der Waals surface area contributed by atoms with Crippen LogP contribution in [0.4, 0.5) is 0 Å². The summed E-state index contributed by atoms with van der Waals surface area (Å²) in [4.78, 5) is 0. The summed E-state index contributed by atoms with van der Waals surface area (Å²) in [5, 5.41) is 8.71. The van der Waals surface area contributed by atoms with Gasteiger partial charge < -0.3 is 5.73 Å². The lowest BCUT2D eigenvalue weighted by Gasteiger charge is -2.07. The van der Waals surface area contributed by atoms with E-state index in [1.54, 1.807) is 6.92 Å². The van der Waals surface area contributed by atoms with Crippen molar-refractivity contribution in [1.29, 1.82) is 5.26 Å². The van der Waals surface area contributed by atoms with Crippen molar-refractivity contribution in [3.05, 3.63) is 39.4 Å². The van der Waals surface area contributed by atoms with Crippen molar-refractivity contribution in [2.45, 2.75) is 13.8 Å². The van der Waals surface area contributed by atoms with Gasteiger partial charge in [0.1, 0.15) is 0 Å². The van der Waals surface area contributed by atoms with Crippen LogP contribution in [0, 0.1) is 18.3 Å². The average Bonchev–Trinajstić information content (AvgIpc) is 2.15. The first-order valence-electron chi connectivity index (χ1n) is 4.19. The number of hydrogen-bond donors (Lipinski definition) is 1. The smallest absolute Gasteiger partial charge is 0.0965 e. The molecule has 2 N–H and O–H groups in total. The van der Waals surface area contributed by atoms with Crippen molar-refractivity contribution in [2.75, 3.05) is 0 Å². The van der Waals surface area contributed by atoms with Gasteiger partial charge >= 0.3 is 0 Å². The van der Waals surface area contributed by atoms with Gasteiger partial charge in [-0.05, 0) is 31.5 Å². The quantitative estimate of drug-likeness (QED) is 0.780. The summed E-state index contributed by atoms with van der Waals surface area (Å²) < 4.78 is 1.01. The highest BCUT2D eigenvalue weighted by atomic mass is 79.9. The molecule has 14 heavy (non-hydrogen) atoms. The molecule has 72 valence electrons. The minimum absolute atomic E-state index is 0.551. The maximum Gasteiger partial charge on any atom is 0.0965 e. The van der Waals surface area contributed by atoms with Crippen LogP contribution in [0.2, 0.25) is 0 Å². The SMILES string of the molecule is C/C(C#N)=C(/N)c1ccc(Br)cc1C. The topological polar surface area (TPSA) is 49.8 Å². The van der Waals surface area contributed by atoms with Gasteiger partial charge in [0.15, 0.2) is 0 Å². The molecule has 0 aliphatic carbocycles. The van der Waals surface area contributed by atoms with Gasteiger partial charge in [0.25, 0.3) is 0 Å². The number of rotatable bonds is 1. The predicted molar refractivity (Wildman–Crippen MR) is 61.3 cm³/mol. The van der Waals surface area contributed by atoms with Gasteiger partial charge in [-0.15, -0.1) is 0 Å². The van der Waals surface area contributed by atoms with E-state index in [9.17, 15) is 0 Å². The molecule has 0 saturated heterocycles. The summed E-state index contributed by atoms with van der Waals surface area (Å²) in [6.45, 7) is 3.69. The summed E-state index contributed by atoms with van der Waals surface area (Å²) in [6, 6.07) is 7.86. The number of allylic oxidation sites excluding steroid dienone is 1. The second-order valence-electron chi connectivity index (χ2n) is 3.11. The fourth-order valence-electron chi connectivity index (χ4n) is 1.19. The number of aryl methyl sites for hydroxylation is 1. The lowest BCUT2D eigenvalue weighted by Crippen LogP contribution is -2.01. The third kappa shape index (κ3) is 2.15. The molecule has 1 rings (SSSR count). The molecule has 0 unspecified atom stereocenters. The van der Waals surface area contributed by atoms with Gasteiger partial charge in [-0.1, -0.05) is 22.0 Å². The van der Waals surface area contributed by atoms with Gasteiger partial charge in [0.05, 0.1) is 11.8 Å². The fraction of sp³-hybridized carbons (Fsp3) is 0.182. The highest BCUT2D eigenvalue weighted by molar-refractivity contribution is 9.10. The third-order valence-corrected chi connectivity index (χ3v) is 2.54. The van der Waals surface area contributed by atoms with Crippen LogP contribution in [-0.4, -0.2) is 0 Å². The molecule has 0 spiro atoms. The van der Waals surface area contributed by atoms with E-state index in [2.05, 4.69) is 15.9 Å². The number of nitrogens with zero attached hydrogens (tertiary/aromatic N) is 1. The summed E-state index contributed by atoms with van der Waals surface area (Å²) >= 11 is 3.38. The normalized spacial score (nSPS) is 11.9. The highest BCUT2D eigenvalue weighted by Gasteiger charge is 2.04. The highest BCUT2D eigenvalue weighted by Crippen LogP contribution is 2.21. The Bertz CT molecular complexity index is 427. The maximum absolute atomic E-state index is 8.71. The molecule has 0 bridgehead atoms. The molecular formula is C11H11BrN2. The minimum atomic E-state index is 0.551. The molecule has 0 heterocycles. The number of hydrogen-bond acceptors (Lipinski definition) is 2. The first-order valence-corrected chi connectivity index (χ1v) is 4.98. The van der Waals surface area contributed by atoms with E-state index in [-0.39, 0.29) is 0 Å². The zero-order valence-electron chi connectivity index (χ0n) is 8.13. The molecule has 0 aromatic heterocycles. The lowest BCUT2D eigenvalue weighted by molar-refractivity contribution is 1.34. The van der Waals surface area contributed by atoms with Gasteiger partial charge in [0, 0.05) is 15.6 Å². The average molecular weight is 251 g/mol. The second-order valence-corrected chi connectivity index (χ2v) is 4.03. The Morgan fingerprint density at radius 2 is 2.14 bits per heavy atom. The molecule has 3 heteroatoms. The van der Waals surface area contributed by atoms with Crippen LogP contribution < -0.4 is 5.73 Å². The van der Waals surface area contributed by atoms with Crippen molar-refractivity contribution in [3.8, 4) is 6.07 Å². The Hall–Kier alpha value is -1.27. The van der Waals surface area contributed by atoms with Crippen LogP contribution in [0.1, 0.15) is 18.1 Å². The third-order valence-electron chi connectivity index (χ3n) is 2.05. The Morgan fingerprint density at radius 3 is 2.64 bits per heavy atom. The van der Waals surface area contributed by atoms with Crippen molar-refractivity contribution in [2.24, 2.45) is 5.73 Å². The molecule has 1 aromatic carbocycles. The maximum atomic E-state index is 8.71. The molecule has 0 atom stereocenters. The second kappa shape index (κ2) is 4.30. The van der Waals surface area contributed by atoms with Crippen LogP contribution >= 0.6 is 15.9 Å². The molecule has 1 aromatic rings. The number of nitriles is 1. The Labute approximate surface area is 92.2 Å². The van der Waals surface area contributed by atoms with E-state index in [4.69, 9.17) is 11.0 Å². The first kappa shape index (κ1) is 10.8. The van der Waals surface area contributed by atoms with E-state index in [1.807, 2.05) is 31.2 Å². The van der Waals surface area contributed by atoms with Crippen molar-refractivity contribution >= 4 is 21.6 Å². The Kier molecular flexibility index (Phi) is 3.32. The van der Waals surface area contributed by atoms with Crippen LogP contribution in [0.25, 0.3) is 5.70 Å². The minimum Gasteiger partial charge on any atom is -0.397 e. The molecule has 0 saturated carbocycles. The molecule has 0 amide bonds. The van der Waals surface area contributed by atoms with E-state index >= 15 is 0 Å². The summed E-state index contributed by atoms with van der Waals surface area (Å²) in [7, 11) is 0. The zero-order valence-corrected chi connectivity index (χ0v) is 9.72. The number of halogens is 1. The van der Waals surface area contributed by atoms with E-state index in [1.165, 1.54) is 0 Å². The van der Waals surface area contributed by atoms with Gasteiger partial charge in [-0.25, -0.2) is 0 Å². The van der Waals surface area contributed by atoms with Gasteiger partial charge in [0.2, 0.25) is 0 Å². The largest absolute Gasteiger partial charge is 0.397 e. The predicted octanol–water partition coefficient (Wildman–Crippen LogP) is 2.97. The fourth-order valence-corrected chi connectivity index (χ4v) is 1.67. The molecule has 0 aliphatic heterocycles. The molecule has 0 radical (unpaired) electrons. The summed E-state index contributed by atoms with van der Waals surface area (Å²) in [6.07, 6.45) is 0. The van der Waals surface area contributed by atoms with Crippen LogP contribution in [0.5, 0.6) is 0 Å². The molecule has 0 fully saturated rings. The molecule has 2 nitrogen and oxygen atoms in total. The van der Waals surface area contributed by atoms with E-state index in [0.29, 0.717) is 11.3 Å². The zero-order chi connectivity index (χ0) is 10.7. The molecular weight excluding hydrogens is 240 g/mol. The van der Waals surface area contributed by atoms with Gasteiger partial charge in [-0.2, -0.15) is 5.26 Å². The summed E-state index contributed by atoms with van der Waals surface area (Å²) in [5.41, 5.74) is 8.93. The van der Waals surface area contributed by atoms with Crippen LogP contribution in [-0.2, 0) is 0 Å². The number of benzene rings is 1. The monoisotopic (exact) mass is 250 g/mol. The Balaban J connectivity index is 3.29. The van der Waals surface area contributed by atoms with Crippen LogP contribution in [0.3, 0.4) is 0 Å². The van der Waals surface area contributed by atoms with Crippen molar-refractivity contribution < 1.29 is 0 Å². The van der Waals surface area contributed by atoms with E-state index < -0.39 is 0 Å². The summed E-state index contributed by atoms with van der Waals surface area (Å²) in [5.74, 6) is 0. The van der Waals surface area contributed by atoms with Crippen molar-refractivity contribution in [1.82, 2.24) is 0 Å². The lowest BCUT2D eigenvalue weighted by atomic mass is 10.0. The first-order chi connectivity index (χ1) is 6.56. The van der Waals surface area contributed by atoms with E-state index in [0.717, 1.165) is 15.6 Å². The number of nitrogens with two attached hydrogens (primary N) is 1.